The summed E-state index contributed by atoms with van der Waals surface area (Å²) in [6, 6.07) is 8.83. The molecular weight excluding hydrogens is 391 g/mol. The van der Waals surface area contributed by atoms with Crippen LogP contribution in [-0.4, -0.2) is 21.0 Å². The first kappa shape index (κ1) is 19.2. The molecule has 0 saturated heterocycles. The lowest BCUT2D eigenvalue weighted by Crippen LogP contribution is -2.74. The standard InChI is InChI=1S/C23H22F3N3O/c1-2-21-12-22(13-21,14-21)28-20(30)18-19-16(7-9-27-18)8-10-29(19)11-15-3-5-17(6-4-15)23(24,25)26/h3-10H,2,11-14H2,1H3,(H,28,30). The lowest BCUT2D eigenvalue weighted by Gasteiger charge is -2.70. The Morgan fingerprint density at radius 2 is 1.83 bits per heavy atom. The van der Waals surface area contributed by atoms with Crippen LogP contribution in [0.3, 0.4) is 0 Å². The van der Waals surface area contributed by atoms with Crippen LogP contribution < -0.4 is 5.32 Å². The Bertz CT molecular complexity index is 1110. The van der Waals surface area contributed by atoms with E-state index in [9.17, 15) is 18.0 Å². The number of nitrogens with one attached hydrogen (secondary N) is 1. The summed E-state index contributed by atoms with van der Waals surface area (Å²) in [5, 5.41) is 4.07. The average molecular weight is 413 g/mol. The topological polar surface area (TPSA) is 46.9 Å². The highest BCUT2D eigenvalue weighted by Crippen LogP contribution is 2.68. The molecule has 1 N–H and O–H groups in total. The fraction of sp³-hybridized carbons (Fsp3) is 0.391. The monoisotopic (exact) mass is 413 g/mol. The van der Waals surface area contributed by atoms with E-state index in [1.165, 1.54) is 12.1 Å². The van der Waals surface area contributed by atoms with Gasteiger partial charge in [0, 0.05) is 29.9 Å². The summed E-state index contributed by atoms with van der Waals surface area (Å²) in [7, 11) is 0. The largest absolute Gasteiger partial charge is 0.416 e. The number of amides is 1. The van der Waals surface area contributed by atoms with Crippen LogP contribution >= 0.6 is 0 Å². The molecule has 1 amide bonds. The third kappa shape index (κ3) is 2.99. The van der Waals surface area contributed by atoms with Crippen molar-refractivity contribution < 1.29 is 18.0 Å². The number of hydrogen-bond acceptors (Lipinski definition) is 2. The van der Waals surface area contributed by atoms with Crippen molar-refractivity contribution in [2.24, 2.45) is 5.41 Å². The van der Waals surface area contributed by atoms with Gasteiger partial charge in [-0.3, -0.25) is 4.79 Å². The molecular formula is C23H22F3N3O. The first-order valence-electron chi connectivity index (χ1n) is 10.2. The van der Waals surface area contributed by atoms with Gasteiger partial charge in [-0.15, -0.1) is 0 Å². The van der Waals surface area contributed by atoms with Crippen molar-refractivity contribution in [2.45, 2.75) is 50.9 Å². The van der Waals surface area contributed by atoms with Gasteiger partial charge in [-0.2, -0.15) is 13.2 Å². The van der Waals surface area contributed by atoms with Crippen molar-refractivity contribution in [3.05, 3.63) is 65.6 Å². The third-order valence-corrected chi connectivity index (χ3v) is 6.79. The van der Waals surface area contributed by atoms with Gasteiger partial charge in [0.2, 0.25) is 0 Å². The quantitative estimate of drug-likeness (QED) is 0.628. The maximum Gasteiger partial charge on any atom is 0.416 e. The Balaban J connectivity index is 1.40. The van der Waals surface area contributed by atoms with E-state index < -0.39 is 11.7 Å². The zero-order valence-electron chi connectivity index (χ0n) is 16.6. The van der Waals surface area contributed by atoms with E-state index in [-0.39, 0.29) is 11.4 Å². The minimum atomic E-state index is -4.36. The van der Waals surface area contributed by atoms with Crippen molar-refractivity contribution in [3.63, 3.8) is 0 Å². The minimum Gasteiger partial charge on any atom is -0.345 e. The van der Waals surface area contributed by atoms with Crippen LogP contribution in [0.25, 0.3) is 10.9 Å². The van der Waals surface area contributed by atoms with Gasteiger partial charge in [0.15, 0.2) is 5.69 Å². The fourth-order valence-electron chi connectivity index (χ4n) is 5.25. The van der Waals surface area contributed by atoms with E-state index in [2.05, 4.69) is 17.2 Å². The van der Waals surface area contributed by atoms with E-state index >= 15 is 0 Å². The number of pyridine rings is 1. The van der Waals surface area contributed by atoms with Gasteiger partial charge in [-0.25, -0.2) is 4.98 Å². The molecule has 3 aliphatic rings. The van der Waals surface area contributed by atoms with E-state index in [1.807, 2.05) is 22.9 Å². The Morgan fingerprint density at radius 1 is 1.13 bits per heavy atom. The molecule has 2 heterocycles. The number of alkyl halides is 3. The predicted octanol–water partition coefficient (Wildman–Crippen LogP) is 5.17. The number of nitrogens with zero attached hydrogens (tertiary/aromatic N) is 2. The van der Waals surface area contributed by atoms with Crippen molar-refractivity contribution in [1.29, 1.82) is 0 Å². The van der Waals surface area contributed by atoms with E-state index in [0.717, 1.165) is 48.8 Å². The smallest absolute Gasteiger partial charge is 0.345 e. The number of rotatable bonds is 5. The van der Waals surface area contributed by atoms with Crippen LogP contribution in [-0.2, 0) is 12.7 Å². The van der Waals surface area contributed by atoms with Crippen LogP contribution in [0.4, 0.5) is 13.2 Å². The summed E-state index contributed by atoms with van der Waals surface area (Å²) in [5.41, 5.74) is 1.46. The summed E-state index contributed by atoms with van der Waals surface area (Å²) in [5.74, 6) is -0.183. The number of aromatic nitrogens is 2. The summed E-state index contributed by atoms with van der Waals surface area (Å²) >= 11 is 0. The summed E-state index contributed by atoms with van der Waals surface area (Å²) in [6.07, 6.45) is 3.35. The van der Waals surface area contributed by atoms with E-state index in [4.69, 9.17) is 0 Å². The van der Waals surface area contributed by atoms with Gasteiger partial charge >= 0.3 is 6.18 Å². The molecule has 3 aliphatic carbocycles. The highest BCUT2D eigenvalue weighted by Gasteiger charge is 2.67. The SMILES string of the molecule is CCC12CC(NC(=O)c3nccc4ccn(Cc5ccc(C(F)(F)F)cc5)c34)(C1)C2. The molecule has 3 aromatic rings. The van der Waals surface area contributed by atoms with Crippen molar-refractivity contribution in [3.8, 4) is 0 Å². The molecule has 1 aromatic carbocycles. The summed E-state index contributed by atoms with van der Waals surface area (Å²) in [6.45, 7) is 2.55. The fourth-order valence-corrected chi connectivity index (χ4v) is 5.25. The van der Waals surface area contributed by atoms with Gasteiger partial charge in [0.1, 0.15) is 0 Å². The first-order valence-corrected chi connectivity index (χ1v) is 10.2. The number of halogens is 3. The lowest BCUT2D eigenvalue weighted by atomic mass is 9.38. The van der Waals surface area contributed by atoms with Crippen molar-refractivity contribution >= 4 is 16.8 Å². The molecule has 0 spiro atoms. The van der Waals surface area contributed by atoms with Gasteiger partial charge in [0.25, 0.3) is 5.91 Å². The second-order valence-electron chi connectivity index (χ2n) is 8.85. The Hall–Kier alpha value is -2.83. The molecule has 4 nitrogen and oxygen atoms in total. The molecule has 3 saturated carbocycles. The van der Waals surface area contributed by atoms with Crippen molar-refractivity contribution in [1.82, 2.24) is 14.9 Å². The molecule has 0 unspecified atom stereocenters. The van der Waals surface area contributed by atoms with Crippen LogP contribution in [0.5, 0.6) is 0 Å². The zero-order chi connectivity index (χ0) is 21.1. The van der Waals surface area contributed by atoms with Gasteiger partial charge in [-0.1, -0.05) is 25.5 Å². The molecule has 2 bridgehead atoms. The highest BCUT2D eigenvalue weighted by atomic mass is 19.4. The van der Waals surface area contributed by atoms with Gasteiger partial charge in [-0.05, 0) is 54.5 Å². The molecule has 2 aromatic heterocycles. The first-order chi connectivity index (χ1) is 14.2. The number of carbonyl (C=O) groups excluding carboxylic acids is 1. The number of hydrogen-bond donors (Lipinski definition) is 1. The van der Waals surface area contributed by atoms with Crippen LogP contribution in [0.2, 0.25) is 0 Å². The maximum absolute atomic E-state index is 13.0. The Labute approximate surface area is 172 Å². The lowest BCUT2D eigenvalue weighted by molar-refractivity contribution is -0.149. The predicted molar refractivity (Wildman–Crippen MR) is 107 cm³/mol. The summed E-state index contributed by atoms with van der Waals surface area (Å²) < 4.78 is 40.3. The van der Waals surface area contributed by atoms with Crippen molar-refractivity contribution in [2.75, 3.05) is 0 Å². The number of carbonyl (C=O) groups is 1. The third-order valence-electron chi connectivity index (χ3n) is 6.79. The molecule has 0 atom stereocenters. The van der Waals surface area contributed by atoms with Crippen LogP contribution in [0, 0.1) is 5.41 Å². The number of benzene rings is 1. The Kier molecular flexibility index (Phi) is 4.04. The molecule has 6 rings (SSSR count). The second-order valence-corrected chi connectivity index (χ2v) is 8.85. The molecule has 30 heavy (non-hydrogen) atoms. The molecule has 0 aliphatic heterocycles. The average Bonchev–Trinajstić information content (AvgIpc) is 3.06. The molecule has 156 valence electrons. The minimum absolute atomic E-state index is 0.0816. The molecule has 7 heteroatoms. The number of fused-ring (bicyclic) bond motifs is 1. The van der Waals surface area contributed by atoms with Gasteiger partial charge in [0.05, 0.1) is 11.1 Å². The van der Waals surface area contributed by atoms with E-state index in [1.54, 1.807) is 6.20 Å². The van der Waals surface area contributed by atoms with Crippen LogP contribution in [0.1, 0.15) is 54.2 Å². The van der Waals surface area contributed by atoms with E-state index in [0.29, 0.717) is 23.2 Å². The molecule has 0 radical (unpaired) electrons. The second kappa shape index (κ2) is 6.33. The zero-order valence-corrected chi connectivity index (χ0v) is 16.6. The summed E-state index contributed by atoms with van der Waals surface area (Å²) in [4.78, 5) is 17.4. The normalized spacial score (nSPS) is 24.9. The highest BCUT2D eigenvalue weighted by molar-refractivity contribution is 6.04. The molecule has 3 fully saturated rings. The Morgan fingerprint density at radius 3 is 2.47 bits per heavy atom. The van der Waals surface area contributed by atoms with Crippen LogP contribution in [0.15, 0.2) is 48.8 Å². The van der Waals surface area contributed by atoms with Gasteiger partial charge < -0.3 is 9.88 Å². The maximum atomic E-state index is 13.0.